The fourth-order valence-electron chi connectivity index (χ4n) is 1.92. The highest BCUT2D eigenvalue weighted by molar-refractivity contribution is 9.11. The fraction of sp³-hybridized carbons (Fsp3) is 0.545. The lowest BCUT2D eigenvalue weighted by molar-refractivity contribution is 0.0948. The Morgan fingerprint density at radius 2 is 2.47 bits per heavy atom. The number of hydrogen-bond acceptors (Lipinski definition) is 3. The van der Waals surface area contributed by atoms with Crippen molar-refractivity contribution in [1.29, 1.82) is 0 Å². The van der Waals surface area contributed by atoms with Crippen LogP contribution in [0, 0.1) is 5.92 Å². The van der Waals surface area contributed by atoms with Crippen LogP contribution in [0.2, 0.25) is 0 Å². The largest absolute Gasteiger partial charge is 0.296 e. The van der Waals surface area contributed by atoms with Crippen LogP contribution < -0.4 is 0 Å². The van der Waals surface area contributed by atoms with E-state index in [1.165, 1.54) is 17.8 Å². The molecule has 2 heterocycles. The molecule has 0 radical (unpaired) electrons. The maximum atomic E-state index is 11.9. The van der Waals surface area contributed by atoms with E-state index in [1.54, 1.807) is 0 Å². The van der Waals surface area contributed by atoms with E-state index in [-0.39, 0.29) is 5.78 Å². The highest BCUT2D eigenvalue weighted by atomic mass is 79.9. The smallest absolute Gasteiger partial charge is 0.186 e. The molecule has 2 nitrogen and oxygen atoms in total. The summed E-state index contributed by atoms with van der Waals surface area (Å²) in [6.45, 7) is 4.96. The first-order valence-corrected chi connectivity index (χ1v) is 6.77. The summed E-state index contributed by atoms with van der Waals surface area (Å²) in [7, 11) is 0. The number of thiophene rings is 1. The Balaban J connectivity index is 1.92. The van der Waals surface area contributed by atoms with Crippen LogP contribution in [0.25, 0.3) is 0 Å². The van der Waals surface area contributed by atoms with Gasteiger partial charge in [-0.2, -0.15) is 0 Å². The number of ketones is 1. The van der Waals surface area contributed by atoms with Gasteiger partial charge in [-0.1, -0.05) is 6.92 Å². The number of rotatable bonds is 3. The van der Waals surface area contributed by atoms with Gasteiger partial charge in [0.1, 0.15) is 0 Å². The molecular formula is C11H14BrNOS. The first-order chi connectivity index (χ1) is 7.15. The molecule has 1 saturated heterocycles. The third-order valence-electron chi connectivity index (χ3n) is 2.72. The van der Waals surface area contributed by atoms with Gasteiger partial charge < -0.3 is 0 Å². The Bertz CT molecular complexity index is 363. The molecule has 0 aromatic carbocycles. The topological polar surface area (TPSA) is 20.3 Å². The molecule has 4 heteroatoms. The monoisotopic (exact) mass is 287 g/mol. The quantitative estimate of drug-likeness (QED) is 0.797. The lowest BCUT2D eigenvalue weighted by atomic mass is 10.2. The number of nitrogens with zero attached hydrogens (tertiary/aromatic N) is 1. The minimum Gasteiger partial charge on any atom is -0.296 e. The maximum absolute atomic E-state index is 11.9. The van der Waals surface area contributed by atoms with Gasteiger partial charge in [0, 0.05) is 6.54 Å². The fourth-order valence-corrected chi connectivity index (χ4v) is 3.23. The standard InChI is InChI=1S/C11H14BrNOS/c1-8-4-5-13(6-8)7-9(14)10-2-3-11(12)15-10/h2-3,8H,4-7H2,1H3. The minimum absolute atomic E-state index is 0.250. The van der Waals surface area contributed by atoms with E-state index >= 15 is 0 Å². The van der Waals surface area contributed by atoms with Gasteiger partial charge in [0.2, 0.25) is 0 Å². The third-order valence-corrected chi connectivity index (χ3v) is 4.39. The predicted molar refractivity (Wildman–Crippen MR) is 66.6 cm³/mol. The van der Waals surface area contributed by atoms with Crippen LogP contribution in [0.1, 0.15) is 23.0 Å². The van der Waals surface area contributed by atoms with Crippen LogP contribution in [-0.4, -0.2) is 30.3 Å². The summed E-state index contributed by atoms with van der Waals surface area (Å²) in [6, 6.07) is 3.83. The molecule has 0 bridgehead atoms. The average molecular weight is 288 g/mol. The SMILES string of the molecule is CC1CCN(CC(=O)c2ccc(Br)s2)C1. The zero-order valence-electron chi connectivity index (χ0n) is 8.70. The molecule has 0 spiro atoms. The van der Waals surface area contributed by atoms with Crippen LogP contribution >= 0.6 is 27.3 Å². The van der Waals surface area contributed by atoms with Crippen molar-refractivity contribution in [3.8, 4) is 0 Å². The molecule has 1 aromatic heterocycles. The molecule has 0 aliphatic carbocycles. The van der Waals surface area contributed by atoms with E-state index in [2.05, 4.69) is 27.8 Å². The van der Waals surface area contributed by atoms with Crippen LogP contribution in [0.5, 0.6) is 0 Å². The van der Waals surface area contributed by atoms with E-state index in [0.717, 1.165) is 27.7 Å². The van der Waals surface area contributed by atoms with Gasteiger partial charge in [0.05, 0.1) is 15.2 Å². The average Bonchev–Trinajstić information content (AvgIpc) is 2.75. The minimum atomic E-state index is 0.250. The van der Waals surface area contributed by atoms with Crippen molar-refractivity contribution in [2.45, 2.75) is 13.3 Å². The van der Waals surface area contributed by atoms with Crippen molar-refractivity contribution in [3.63, 3.8) is 0 Å². The molecule has 2 rings (SSSR count). The van der Waals surface area contributed by atoms with Crippen molar-refractivity contribution >= 4 is 33.0 Å². The Labute approximate surface area is 102 Å². The lowest BCUT2D eigenvalue weighted by Gasteiger charge is -2.12. The van der Waals surface area contributed by atoms with E-state index in [4.69, 9.17) is 0 Å². The third kappa shape index (κ3) is 2.89. The Hall–Kier alpha value is -0.190. The zero-order valence-corrected chi connectivity index (χ0v) is 11.1. The van der Waals surface area contributed by atoms with Gasteiger partial charge in [-0.05, 0) is 46.9 Å². The van der Waals surface area contributed by atoms with Gasteiger partial charge in [0.25, 0.3) is 0 Å². The molecular weight excluding hydrogens is 274 g/mol. The van der Waals surface area contributed by atoms with E-state index < -0.39 is 0 Å². The molecule has 1 fully saturated rings. The molecule has 0 amide bonds. The summed E-state index contributed by atoms with van der Waals surface area (Å²) in [5.41, 5.74) is 0. The highest BCUT2D eigenvalue weighted by Crippen LogP contribution is 2.23. The van der Waals surface area contributed by atoms with Crippen molar-refractivity contribution in [2.24, 2.45) is 5.92 Å². The molecule has 15 heavy (non-hydrogen) atoms. The Kier molecular flexibility index (Phi) is 3.59. The van der Waals surface area contributed by atoms with Crippen molar-refractivity contribution in [2.75, 3.05) is 19.6 Å². The van der Waals surface area contributed by atoms with Gasteiger partial charge in [-0.25, -0.2) is 0 Å². The van der Waals surface area contributed by atoms with Crippen LogP contribution in [-0.2, 0) is 0 Å². The van der Waals surface area contributed by atoms with E-state index in [1.807, 2.05) is 12.1 Å². The van der Waals surface area contributed by atoms with Gasteiger partial charge in [0.15, 0.2) is 5.78 Å². The van der Waals surface area contributed by atoms with Gasteiger partial charge in [-0.15, -0.1) is 11.3 Å². The first-order valence-electron chi connectivity index (χ1n) is 5.16. The lowest BCUT2D eigenvalue weighted by Crippen LogP contribution is -2.27. The van der Waals surface area contributed by atoms with Gasteiger partial charge >= 0.3 is 0 Å². The second-order valence-corrected chi connectivity index (χ2v) is 6.62. The van der Waals surface area contributed by atoms with Crippen molar-refractivity contribution in [3.05, 3.63) is 20.8 Å². The van der Waals surface area contributed by atoms with Crippen LogP contribution in [0.15, 0.2) is 15.9 Å². The number of Topliss-reactive ketones (excluding diaryl/α,β-unsaturated/α-hetero) is 1. The molecule has 0 saturated carbocycles. The molecule has 1 aliphatic rings. The number of carbonyl (C=O) groups is 1. The summed E-state index contributed by atoms with van der Waals surface area (Å²) in [4.78, 5) is 15.0. The normalized spacial score (nSPS) is 22.1. The number of carbonyl (C=O) groups excluding carboxylic acids is 1. The van der Waals surface area contributed by atoms with E-state index in [9.17, 15) is 4.79 Å². The molecule has 1 atom stereocenters. The summed E-state index contributed by atoms with van der Waals surface area (Å²) in [5, 5.41) is 0. The summed E-state index contributed by atoms with van der Waals surface area (Å²) < 4.78 is 1.03. The number of likely N-dealkylation sites (tertiary alicyclic amines) is 1. The summed E-state index contributed by atoms with van der Waals surface area (Å²) >= 11 is 4.90. The number of hydrogen-bond donors (Lipinski definition) is 0. The molecule has 82 valence electrons. The van der Waals surface area contributed by atoms with Crippen molar-refractivity contribution in [1.82, 2.24) is 4.90 Å². The molecule has 1 unspecified atom stereocenters. The molecule has 1 aliphatic heterocycles. The molecule has 1 aromatic rings. The molecule has 0 N–H and O–H groups in total. The Morgan fingerprint density at radius 3 is 3.00 bits per heavy atom. The van der Waals surface area contributed by atoms with Crippen LogP contribution in [0.4, 0.5) is 0 Å². The van der Waals surface area contributed by atoms with Gasteiger partial charge in [-0.3, -0.25) is 9.69 Å². The maximum Gasteiger partial charge on any atom is 0.186 e. The predicted octanol–water partition coefficient (Wildman–Crippen LogP) is 3.04. The first kappa shape index (κ1) is 11.3. The summed E-state index contributed by atoms with van der Waals surface area (Å²) in [5.74, 6) is 0.993. The van der Waals surface area contributed by atoms with E-state index in [0.29, 0.717) is 6.54 Å². The van der Waals surface area contributed by atoms with Crippen molar-refractivity contribution < 1.29 is 4.79 Å². The van der Waals surface area contributed by atoms with Crippen LogP contribution in [0.3, 0.4) is 0 Å². The second-order valence-electron chi connectivity index (χ2n) is 4.16. The highest BCUT2D eigenvalue weighted by Gasteiger charge is 2.21. The summed E-state index contributed by atoms with van der Waals surface area (Å²) in [6.07, 6.45) is 1.22. The number of halogens is 1. The zero-order chi connectivity index (χ0) is 10.8. The second kappa shape index (κ2) is 4.76. The Morgan fingerprint density at radius 1 is 1.67 bits per heavy atom.